The normalized spacial score (nSPS) is 10.3. The first kappa shape index (κ1) is 11.3. The molecule has 2 aromatic rings. The van der Waals surface area contributed by atoms with Gasteiger partial charge in [-0.1, -0.05) is 12.1 Å². The third-order valence-electron chi connectivity index (χ3n) is 1.89. The third kappa shape index (κ3) is 2.68. The van der Waals surface area contributed by atoms with Gasteiger partial charge in [0.05, 0.1) is 6.61 Å². The Morgan fingerprint density at radius 1 is 1.31 bits per heavy atom. The van der Waals surface area contributed by atoms with E-state index in [1.54, 1.807) is 29.6 Å². The minimum Gasteiger partial charge on any atom is -0.465 e. The second-order valence-electron chi connectivity index (χ2n) is 3.04. The molecule has 0 aliphatic rings. The summed E-state index contributed by atoms with van der Waals surface area (Å²) < 4.78 is 8.13. The Balaban J connectivity index is 2.20. The van der Waals surface area contributed by atoms with Crippen LogP contribution in [0.1, 0.15) is 6.92 Å². The van der Waals surface area contributed by atoms with E-state index in [9.17, 15) is 4.79 Å². The molecule has 5 heteroatoms. The molecular weight excluding hydrogens is 242 g/mol. The van der Waals surface area contributed by atoms with Gasteiger partial charge in [-0.2, -0.15) is 0 Å². The van der Waals surface area contributed by atoms with Crippen LogP contribution >= 0.6 is 22.7 Å². The quantitative estimate of drug-likeness (QED) is 0.788. The molecule has 0 bridgehead atoms. The van der Waals surface area contributed by atoms with Gasteiger partial charge >= 0.3 is 5.97 Å². The van der Waals surface area contributed by atoms with Crippen molar-refractivity contribution in [3.63, 3.8) is 0 Å². The average molecular weight is 253 g/mol. The van der Waals surface area contributed by atoms with E-state index in [2.05, 4.69) is 17.1 Å². The van der Waals surface area contributed by atoms with Crippen LogP contribution in [0.3, 0.4) is 0 Å². The maximum Gasteiger partial charge on any atom is 0.327 e. The molecule has 3 nitrogen and oxygen atoms in total. The SMILES string of the molecule is CCOC(=O)CN=c1sc2ccccc2s1. The standard InChI is InChI=1S/C11H11NO2S2/c1-2-14-10(13)7-12-11-15-8-5-3-4-6-9(8)16-11/h3-6H,2,7H2,1H3. The first-order valence-electron chi connectivity index (χ1n) is 4.94. The van der Waals surface area contributed by atoms with E-state index in [0.29, 0.717) is 6.61 Å². The molecule has 0 N–H and O–H groups in total. The smallest absolute Gasteiger partial charge is 0.327 e. The van der Waals surface area contributed by atoms with Crippen LogP contribution in [0.15, 0.2) is 29.3 Å². The second-order valence-corrected chi connectivity index (χ2v) is 5.36. The van der Waals surface area contributed by atoms with Gasteiger partial charge in [-0.3, -0.25) is 9.79 Å². The number of esters is 1. The molecule has 1 aromatic heterocycles. The summed E-state index contributed by atoms with van der Waals surface area (Å²) in [6.07, 6.45) is 0. The Hall–Kier alpha value is -1.20. The van der Waals surface area contributed by atoms with Gasteiger partial charge in [-0.05, 0) is 19.1 Å². The topological polar surface area (TPSA) is 38.7 Å². The zero-order valence-electron chi connectivity index (χ0n) is 8.80. The van der Waals surface area contributed by atoms with Gasteiger partial charge in [0.2, 0.25) is 0 Å². The van der Waals surface area contributed by atoms with Crippen LogP contribution < -0.4 is 3.98 Å². The Labute approximate surface area is 101 Å². The molecule has 16 heavy (non-hydrogen) atoms. The molecule has 1 aromatic carbocycles. The van der Waals surface area contributed by atoms with Crippen molar-refractivity contribution in [3.8, 4) is 0 Å². The summed E-state index contributed by atoms with van der Waals surface area (Å²) in [5.41, 5.74) is 0. The summed E-state index contributed by atoms with van der Waals surface area (Å²) in [6.45, 7) is 2.31. The van der Waals surface area contributed by atoms with Gasteiger partial charge in [0, 0.05) is 9.40 Å². The summed E-state index contributed by atoms with van der Waals surface area (Å²) in [5, 5.41) is 0. The van der Waals surface area contributed by atoms with Crippen LogP contribution in [-0.4, -0.2) is 19.1 Å². The van der Waals surface area contributed by atoms with Crippen molar-refractivity contribution in [1.29, 1.82) is 0 Å². The number of hydrogen-bond acceptors (Lipinski definition) is 5. The molecule has 1 heterocycles. The molecule has 0 amide bonds. The Bertz CT molecular complexity index is 520. The summed E-state index contributed by atoms with van der Waals surface area (Å²) in [7, 11) is 0. The van der Waals surface area contributed by atoms with Gasteiger partial charge in [0.15, 0.2) is 3.98 Å². The number of nitrogens with zero attached hydrogens (tertiary/aromatic N) is 1. The maximum absolute atomic E-state index is 11.1. The van der Waals surface area contributed by atoms with Gasteiger partial charge < -0.3 is 4.74 Å². The van der Waals surface area contributed by atoms with Crippen LogP contribution in [0.25, 0.3) is 9.40 Å². The highest BCUT2D eigenvalue weighted by molar-refractivity contribution is 7.35. The van der Waals surface area contributed by atoms with Crippen LogP contribution in [0.4, 0.5) is 0 Å². The first-order chi connectivity index (χ1) is 7.79. The largest absolute Gasteiger partial charge is 0.465 e. The summed E-state index contributed by atoms with van der Waals surface area (Å²) in [4.78, 5) is 15.3. The number of carbonyl (C=O) groups is 1. The molecule has 2 rings (SSSR count). The van der Waals surface area contributed by atoms with Crippen LogP contribution in [-0.2, 0) is 9.53 Å². The lowest BCUT2D eigenvalue weighted by atomic mass is 10.4. The van der Waals surface area contributed by atoms with Crippen molar-refractivity contribution in [2.75, 3.05) is 13.2 Å². The molecule has 0 saturated carbocycles. The number of benzene rings is 1. The van der Waals surface area contributed by atoms with E-state index in [1.807, 2.05) is 12.1 Å². The summed E-state index contributed by atoms with van der Waals surface area (Å²) in [5.74, 6) is -0.271. The number of ether oxygens (including phenoxy) is 1. The first-order valence-corrected chi connectivity index (χ1v) is 6.57. The molecule has 0 atom stereocenters. The predicted octanol–water partition coefficient (Wildman–Crippen LogP) is 2.43. The number of fused-ring (bicyclic) bond motifs is 1. The maximum atomic E-state index is 11.1. The summed E-state index contributed by atoms with van der Waals surface area (Å²) >= 11 is 3.20. The minimum atomic E-state index is -0.271. The highest BCUT2D eigenvalue weighted by Crippen LogP contribution is 2.19. The Morgan fingerprint density at radius 3 is 2.50 bits per heavy atom. The fourth-order valence-electron chi connectivity index (χ4n) is 1.23. The van der Waals surface area contributed by atoms with Gasteiger partial charge in [0.1, 0.15) is 6.54 Å². The van der Waals surface area contributed by atoms with E-state index >= 15 is 0 Å². The molecule has 0 saturated heterocycles. The summed E-state index contributed by atoms with van der Waals surface area (Å²) in [6, 6.07) is 8.11. The fraction of sp³-hybridized carbons (Fsp3) is 0.273. The zero-order chi connectivity index (χ0) is 11.4. The van der Waals surface area contributed by atoms with Crippen LogP contribution in [0, 0.1) is 0 Å². The molecule has 0 aliphatic carbocycles. The van der Waals surface area contributed by atoms with Crippen molar-refractivity contribution in [1.82, 2.24) is 0 Å². The number of rotatable bonds is 3. The van der Waals surface area contributed by atoms with E-state index in [0.717, 1.165) is 3.98 Å². The molecule has 0 unspecified atom stereocenters. The van der Waals surface area contributed by atoms with Crippen molar-refractivity contribution in [2.24, 2.45) is 4.99 Å². The van der Waals surface area contributed by atoms with Gasteiger partial charge in [-0.15, -0.1) is 22.7 Å². The molecule has 0 aliphatic heterocycles. The van der Waals surface area contributed by atoms with Crippen molar-refractivity contribution in [2.45, 2.75) is 6.92 Å². The lowest BCUT2D eigenvalue weighted by Crippen LogP contribution is -2.09. The second kappa shape index (κ2) is 5.23. The molecule has 0 radical (unpaired) electrons. The van der Waals surface area contributed by atoms with Crippen molar-refractivity contribution >= 4 is 38.0 Å². The Morgan fingerprint density at radius 2 is 1.94 bits per heavy atom. The molecule has 0 spiro atoms. The monoisotopic (exact) mass is 253 g/mol. The lowest BCUT2D eigenvalue weighted by Gasteiger charge is -1.95. The lowest BCUT2D eigenvalue weighted by molar-refractivity contribution is -0.141. The highest BCUT2D eigenvalue weighted by Gasteiger charge is 2.00. The van der Waals surface area contributed by atoms with Crippen molar-refractivity contribution < 1.29 is 9.53 Å². The van der Waals surface area contributed by atoms with Crippen LogP contribution in [0.5, 0.6) is 0 Å². The average Bonchev–Trinajstić information content (AvgIpc) is 2.69. The van der Waals surface area contributed by atoms with Gasteiger partial charge in [0.25, 0.3) is 0 Å². The van der Waals surface area contributed by atoms with Gasteiger partial charge in [-0.25, -0.2) is 0 Å². The van der Waals surface area contributed by atoms with E-state index in [1.165, 1.54) is 9.40 Å². The molecule has 0 fully saturated rings. The van der Waals surface area contributed by atoms with E-state index in [-0.39, 0.29) is 12.5 Å². The number of hydrogen-bond donors (Lipinski definition) is 0. The van der Waals surface area contributed by atoms with Crippen molar-refractivity contribution in [3.05, 3.63) is 28.3 Å². The minimum absolute atomic E-state index is 0.108. The molecule has 84 valence electrons. The number of carbonyl (C=O) groups excluding carboxylic acids is 1. The van der Waals surface area contributed by atoms with Crippen LogP contribution in [0.2, 0.25) is 0 Å². The zero-order valence-corrected chi connectivity index (χ0v) is 10.4. The van der Waals surface area contributed by atoms with E-state index in [4.69, 9.17) is 4.74 Å². The predicted molar refractivity (Wildman–Crippen MR) is 66.8 cm³/mol. The highest BCUT2D eigenvalue weighted by atomic mass is 32.2. The Kier molecular flexibility index (Phi) is 3.69. The fourth-order valence-corrected chi connectivity index (χ4v) is 3.45. The molecular formula is C11H11NO2S2. The van der Waals surface area contributed by atoms with E-state index < -0.39 is 0 Å². The third-order valence-corrected chi connectivity index (χ3v) is 4.27.